The van der Waals surface area contributed by atoms with Gasteiger partial charge in [0, 0.05) is 12.3 Å². The summed E-state index contributed by atoms with van der Waals surface area (Å²) >= 11 is 6.15. The number of carbonyl (C=O) groups is 1. The van der Waals surface area contributed by atoms with Gasteiger partial charge in [0.1, 0.15) is 10.8 Å². The standard InChI is InChI=1S/C17H21ClN4O2/c1-11(2)24-17-14(18)9-12(10-19-17)16(23)21-15-7-8-20-22(15)13-5-3-4-6-13/h7-11,13H,3-6H2,1-2H3,(H,21,23). The Bertz CT molecular complexity index is 723. The molecule has 2 aromatic rings. The second kappa shape index (κ2) is 7.21. The van der Waals surface area contributed by atoms with Crippen molar-refractivity contribution in [1.29, 1.82) is 0 Å². The molecular weight excluding hydrogens is 328 g/mol. The summed E-state index contributed by atoms with van der Waals surface area (Å²) in [5.74, 6) is 0.769. The van der Waals surface area contributed by atoms with E-state index in [0.29, 0.717) is 28.3 Å². The molecule has 0 spiro atoms. The second-order valence-corrected chi connectivity index (χ2v) is 6.64. The van der Waals surface area contributed by atoms with E-state index >= 15 is 0 Å². The Kier molecular flexibility index (Phi) is 5.04. The summed E-state index contributed by atoms with van der Waals surface area (Å²) in [7, 11) is 0. The average molecular weight is 349 g/mol. The third-order valence-electron chi connectivity index (χ3n) is 4.00. The fourth-order valence-electron chi connectivity index (χ4n) is 2.90. The minimum atomic E-state index is -0.264. The fourth-order valence-corrected chi connectivity index (χ4v) is 3.11. The van der Waals surface area contributed by atoms with Gasteiger partial charge in [-0.05, 0) is 32.8 Å². The highest BCUT2D eigenvalue weighted by Crippen LogP contribution is 2.31. The molecule has 1 aliphatic rings. The Morgan fingerprint density at radius 1 is 1.42 bits per heavy atom. The highest BCUT2D eigenvalue weighted by molar-refractivity contribution is 6.32. The predicted molar refractivity (Wildman–Crippen MR) is 92.7 cm³/mol. The number of amides is 1. The number of ether oxygens (including phenoxy) is 1. The van der Waals surface area contributed by atoms with Crippen molar-refractivity contribution in [2.75, 3.05) is 5.32 Å². The molecular formula is C17H21ClN4O2. The fraction of sp³-hybridized carbons (Fsp3) is 0.471. The van der Waals surface area contributed by atoms with Gasteiger partial charge in [-0.15, -0.1) is 0 Å². The van der Waals surface area contributed by atoms with Crippen molar-refractivity contribution in [3.8, 4) is 5.88 Å². The van der Waals surface area contributed by atoms with E-state index in [1.807, 2.05) is 24.6 Å². The van der Waals surface area contributed by atoms with Crippen molar-refractivity contribution in [3.05, 3.63) is 35.1 Å². The number of hydrogen-bond donors (Lipinski definition) is 1. The predicted octanol–water partition coefficient (Wildman–Crippen LogP) is 4.09. The molecule has 6 nitrogen and oxygen atoms in total. The molecule has 128 valence electrons. The lowest BCUT2D eigenvalue weighted by Gasteiger charge is -2.15. The molecule has 7 heteroatoms. The minimum Gasteiger partial charge on any atom is -0.474 e. The molecule has 0 saturated heterocycles. The van der Waals surface area contributed by atoms with Gasteiger partial charge in [0.15, 0.2) is 0 Å². The van der Waals surface area contributed by atoms with Crippen LogP contribution in [0.1, 0.15) is 55.9 Å². The number of hydrogen-bond acceptors (Lipinski definition) is 4. The van der Waals surface area contributed by atoms with E-state index < -0.39 is 0 Å². The first-order valence-corrected chi connectivity index (χ1v) is 8.59. The van der Waals surface area contributed by atoms with Crippen LogP contribution in [-0.4, -0.2) is 26.8 Å². The van der Waals surface area contributed by atoms with E-state index in [-0.39, 0.29) is 12.0 Å². The molecule has 24 heavy (non-hydrogen) atoms. The molecule has 1 N–H and O–H groups in total. The van der Waals surface area contributed by atoms with Crippen LogP contribution in [0, 0.1) is 0 Å². The van der Waals surface area contributed by atoms with Crippen molar-refractivity contribution in [2.24, 2.45) is 0 Å². The average Bonchev–Trinajstić information content (AvgIpc) is 3.19. The topological polar surface area (TPSA) is 69.0 Å². The Hall–Kier alpha value is -2.08. The van der Waals surface area contributed by atoms with Gasteiger partial charge in [-0.25, -0.2) is 9.67 Å². The first-order valence-electron chi connectivity index (χ1n) is 8.21. The molecule has 1 fully saturated rings. The van der Waals surface area contributed by atoms with Crippen LogP contribution in [0.2, 0.25) is 5.02 Å². The zero-order chi connectivity index (χ0) is 17.1. The maximum absolute atomic E-state index is 12.5. The molecule has 1 aliphatic carbocycles. The quantitative estimate of drug-likeness (QED) is 0.883. The summed E-state index contributed by atoms with van der Waals surface area (Å²) in [5, 5.41) is 7.56. The summed E-state index contributed by atoms with van der Waals surface area (Å²) in [4.78, 5) is 16.6. The van der Waals surface area contributed by atoms with Crippen LogP contribution in [-0.2, 0) is 0 Å². The molecule has 2 aromatic heterocycles. The SMILES string of the molecule is CC(C)Oc1ncc(C(=O)Nc2ccnn2C2CCCC2)cc1Cl. The highest BCUT2D eigenvalue weighted by Gasteiger charge is 2.21. The second-order valence-electron chi connectivity index (χ2n) is 6.23. The zero-order valence-electron chi connectivity index (χ0n) is 13.8. The maximum Gasteiger partial charge on any atom is 0.258 e. The van der Waals surface area contributed by atoms with Crippen molar-refractivity contribution in [1.82, 2.24) is 14.8 Å². The van der Waals surface area contributed by atoms with Crippen molar-refractivity contribution >= 4 is 23.3 Å². The number of aromatic nitrogens is 3. The third kappa shape index (κ3) is 3.70. The van der Waals surface area contributed by atoms with Crippen molar-refractivity contribution in [3.63, 3.8) is 0 Å². The van der Waals surface area contributed by atoms with Gasteiger partial charge in [-0.3, -0.25) is 4.79 Å². The van der Waals surface area contributed by atoms with Gasteiger partial charge in [0.25, 0.3) is 5.91 Å². The Morgan fingerprint density at radius 2 is 2.17 bits per heavy atom. The summed E-state index contributed by atoms with van der Waals surface area (Å²) in [5.41, 5.74) is 0.385. The lowest BCUT2D eigenvalue weighted by Crippen LogP contribution is -2.18. The molecule has 0 unspecified atom stereocenters. The molecule has 0 bridgehead atoms. The first kappa shape index (κ1) is 16.8. The number of pyridine rings is 1. The van der Waals surface area contributed by atoms with Crippen LogP contribution in [0.25, 0.3) is 0 Å². The zero-order valence-corrected chi connectivity index (χ0v) is 14.6. The van der Waals surface area contributed by atoms with Crippen LogP contribution in [0.4, 0.5) is 5.82 Å². The Balaban J connectivity index is 1.73. The number of halogens is 1. The summed E-state index contributed by atoms with van der Waals surface area (Å²) < 4.78 is 7.38. The Morgan fingerprint density at radius 3 is 2.83 bits per heavy atom. The van der Waals surface area contributed by atoms with Gasteiger partial charge < -0.3 is 10.1 Å². The summed E-state index contributed by atoms with van der Waals surface area (Å²) in [6.07, 6.45) is 7.74. The summed E-state index contributed by atoms with van der Waals surface area (Å²) in [6, 6.07) is 3.73. The number of nitrogens with one attached hydrogen (secondary N) is 1. The largest absolute Gasteiger partial charge is 0.474 e. The molecule has 1 saturated carbocycles. The molecule has 0 atom stereocenters. The van der Waals surface area contributed by atoms with Crippen LogP contribution in [0.5, 0.6) is 5.88 Å². The van der Waals surface area contributed by atoms with Gasteiger partial charge in [0.2, 0.25) is 5.88 Å². The first-order chi connectivity index (χ1) is 11.5. The minimum absolute atomic E-state index is 0.0320. The van der Waals surface area contributed by atoms with E-state index in [9.17, 15) is 4.79 Å². The lowest BCUT2D eigenvalue weighted by atomic mass is 10.2. The molecule has 0 aliphatic heterocycles. The maximum atomic E-state index is 12.5. The van der Waals surface area contributed by atoms with E-state index in [2.05, 4.69) is 15.4 Å². The van der Waals surface area contributed by atoms with Crippen LogP contribution < -0.4 is 10.1 Å². The normalized spacial score (nSPS) is 15.0. The molecule has 2 heterocycles. The highest BCUT2D eigenvalue weighted by atomic mass is 35.5. The van der Waals surface area contributed by atoms with Gasteiger partial charge in [-0.2, -0.15) is 5.10 Å². The summed E-state index contributed by atoms with van der Waals surface area (Å²) in [6.45, 7) is 3.78. The van der Waals surface area contributed by atoms with Gasteiger partial charge >= 0.3 is 0 Å². The molecule has 0 aromatic carbocycles. The van der Waals surface area contributed by atoms with Crippen LogP contribution in [0.15, 0.2) is 24.5 Å². The van der Waals surface area contributed by atoms with Crippen LogP contribution in [0.3, 0.4) is 0 Å². The van der Waals surface area contributed by atoms with E-state index in [1.54, 1.807) is 12.3 Å². The monoisotopic (exact) mass is 348 g/mol. The number of rotatable bonds is 5. The molecule has 1 amide bonds. The number of carbonyl (C=O) groups excluding carboxylic acids is 1. The number of nitrogens with zero attached hydrogens (tertiary/aromatic N) is 3. The van der Waals surface area contributed by atoms with Gasteiger partial charge in [0.05, 0.1) is 23.9 Å². The third-order valence-corrected chi connectivity index (χ3v) is 4.27. The Labute approximate surface area is 146 Å². The molecule has 0 radical (unpaired) electrons. The molecule has 3 rings (SSSR count). The van der Waals surface area contributed by atoms with E-state index in [4.69, 9.17) is 16.3 Å². The van der Waals surface area contributed by atoms with Crippen molar-refractivity contribution < 1.29 is 9.53 Å². The lowest BCUT2D eigenvalue weighted by molar-refractivity contribution is 0.102. The smallest absolute Gasteiger partial charge is 0.258 e. The van der Waals surface area contributed by atoms with E-state index in [0.717, 1.165) is 12.8 Å². The van der Waals surface area contributed by atoms with E-state index in [1.165, 1.54) is 19.0 Å². The van der Waals surface area contributed by atoms with Crippen LogP contribution >= 0.6 is 11.6 Å². The van der Waals surface area contributed by atoms with Gasteiger partial charge in [-0.1, -0.05) is 24.4 Å². The number of anilines is 1. The van der Waals surface area contributed by atoms with Crippen molar-refractivity contribution in [2.45, 2.75) is 51.7 Å².